The summed E-state index contributed by atoms with van der Waals surface area (Å²) in [5.74, 6) is 0.751. The van der Waals surface area contributed by atoms with Crippen LogP contribution in [-0.4, -0.2) is 27.7 Å². The van der Waals surface area contributed by atoms with Crippen molar-refractivity contribution >= 4 is 23.1 Å². The molecule has 23 heavy (non-hydrogen) atoms. The second kappa shape index (κ2) is 5.83. The average molecular weight is 328 g/mol. The molecule has 1 aliphatic rings. The van der Waals surface area contributed by atoms with E-state index in [1.807, 2.05) is 30.3 Å². The van der Waals surface area contributed by atoms with Gasteiger partial charge in [0, 0.05) is 18.0 Å². The number of nitrogens with two attached hydrogens (primary N) is 1. The van der Waals surface area contributed by atoms with Crippen molar-refractivity contribution < 1.29 is 0 Å². The molecule has 0 amide bonds. The number of halogens is 1. The number of aromatic nitrogens is 3. The van der Waals surface area contributed by atoms with Crippen molar-refractivity contribution in [2.45, 2.75) is 18.8 Å². The van der Waals surface area contributed by atoms with E-state index in [4.69, 9.17) is 22.3 Å². The van der Waals surface area contributed by atoms with Gasteiger partial charge in [0.1, 0.15) is 10.8 Å². The summed E-state index contributed by atoms with van der Waals surface area (Å²) in [6.07, 6.45) is 4.00. The molecule has 0 radical (unpaired) electrons. The van der Waals surface area contributed by atoms with Crippen LogP contribution in [0.3, 0.4) is 0 Å². The van der Waals surface area contributed by atoms with Crippen LogP contribution in [0.5, 0.6) is 0 Å². The summed E-state index contributed by atoms with van der Waals surface area (Å²) in [4.78, 5) is 4.84. The highest BCUT2D eigenvalue weighted by atomic mass is 35.5. The maximum absolute atomic E-state index is 6.48. The topological polar surface area (TPSA) is 68.2 Å². The van der Waals surface area contributed by atoms with E-state index in [0.29, 0.717) is 16.8 Å². The number of nitrogens with one attached hydrogen (secondary N) is 1. The summed E-state index contributed by atoms with van der Waals surface area (Å²) >= 11 is 6.48. The number of benzene rings is 1. The lowest BCUT2D eigenvalue weighted by atomic mass is 9.95. The van der Waals surface area contributed by atoms with E-state index in [2.05, 4.69) is 10.4 Å². The van der Waals surface area contributed by atoms with Crippen LogP contribution in [0.15, 0.2) is 36.5 Å². The van der Waals surface area contributed by atoms with Crippen molar-refractivity contribution in [2.24, 2.45) is 0 Å². The van der Waals surface area contributed by atoms with E-state index >= 15 is 0 Å². The third kappa shape index (κ3) is 2.46. The first-order valence-corrected chi connectivity index (χ1v) is 8.22. The molecule has 0 aliphatic carbocycles. The maximum atomic E-state index is 6.48. The number of anilines is 1. The van der Waals surface area contributed by atoms with Gasteiger partial charge >= 0.3 is 0 Å². The lowest BCUT2D eigenvalue weighted by Crippen LogP contribution is -2.29. The van der Waals surface area contributed by atoms with Crippen molar-refractivity contribution in [2.75, 3.05) is 18.8 Å². The fourth-order valence-corrected chi connectivity index (χ4v) is 3.47. The van der Waals surface area contributed by atoms with Gasteiger partial charge in [-0.3, -0.25) is 0 Å². The third-order valence-electron chi connectivity index (χ3n) is 4.42. The van der Waals surface area contributed by atoms with Gasteiger partial charge in [-0.2, -0.15) is 9.61 Å². The predicted octanol–water partition coefficient (Wildman–Crippen LogP) is 3.10. The van der Waals surface area contributed by atoms with Gasteiger partial charge in [0.05, 0.1) is 11.9 Å². The minimum atomic E-state index is 0.294. The molecule has 3 N–H and O–H groups in total. The molecular formula is C17H18ClN5. The summed E-state index contributed by atoms with van der Waals surface area (Å²) in [7, 11) is 0. The normalized spacial score (nSPS) is 18.4. The average Bonchev–Trinajstić information content (AvgIpc) is 3.03. The summed E-state index contributed by atoms with van der Waals surface area (Å²) in [6, 6.07) is 10.1. The fraction of sp³-hybridized carbons (Fsp3) is 0.294. The Hall–Kier alpha value is -2.11. The molecule has 1 fully saturated rings. The lowest BCUT2D eigenvalue weighted by Gasteiger charge is -2.23. The summed E-state index contributed by atoms with van der Waals surface area (Å²) in [6.45, 7) is 1.94. The van der Waals surface area contributed by atoms with E-state index in [-0.39, 0.29) is 0 Å². The number of hydrogen-bond acceptors (Lipinski definition) is 4. The number of rotatable bonds is 2. The highest BCUT2D eigenvalue weighted by Gasteiger charge is 2.23. The zero-order valence-corrected chi connectivity index (χ0v) is 13.4. The largest absolute Gasteiger partial charge is 0.382 e. The van der Waals surface area contributed by atoms with Crippen molar-refractivity contribution in [3.63, 3.8) is 0 Å². The third-order valence-corrected chi connectivity index (χ3v) is 4.80. The van der Waals surface area contributed by atoms with Gasteiger partial charge in [-0.25, -0.2) is 4.98 Å². The summed E-state index contributed by atoms with van der Waals surface area (Å²) < 4.78 is 1.63. The molecular weight excluding hydrogens is 310 g/mol. The Balaban J connectivity index is 1.90. The number of nitrogen functional groups attached to an aromatic ring is 1. The Morgan fingerprint density at radius 1 is 1.26 bits per heavy atom. The molecule has 3 heterocycles. The first kappa shape index (κ1) is 14.5. The van der Waals surface area contributed by atoms with Gasteiger partial charge in [-0.15, -0.1) is 0 Å². The second-order valence-electron chi connectivity index (χ2n) is 5.90. The van der Waals surface area contributed by atoms with Gasteiger partial charge in [0.2, 0.25) is 0 Å². The van der Waals surface area contributed by atoms with Crippen LogP contribution in [0, 0.1) is 0 Å². The van der Waals surface area contributed by atoms with Gasteiger partial charge in [-0.1, -0.05) is 41.9 Å². The van der Waals surface area contributed by atoms with Crippen LogP contribution >= 0.6 is 11.6 Å². The molecule has 0 bridgehead atoms. The molecule has 0 saturated carbocycles. The Kier molecular flexibility index (Phi) is 3.67. The molecule has 5 nitrogen and oxygen atoms in total. The fourth-order valence-electron chi connectivity index (χ4n) is 3.19. The van der Waals surface area contributed by atoms with Crippen molar-refractivity contribution in [3.8, 4) is 11.1 Å². The van der Waals surface area contributed by atoms with E-state index in [1.165, 1.54) is 0 Å². The molecule has 1 atom stereocenters. The molecule has 4 rings (SSSR count). The number of piperidine rings is 1. The minimum absolute atomic E-state index is 0.294. The second-order valence-corrected chi connectivity index (χ2v) is 6.28. The van der Waals surface area contributed by atoms with Crippen LogP contribution in [-0.2, 0) is 0 Å². The van der Waals surface area contributed by atoms with Crippen LogP contribution in [0.25, 0.3) is 16.8 Å². The van der Waals surface area contributed by atoms with Gasteiger partial charge in [0.25, 0.3) is 0 Å². The first-order chi connectivity index (χ1) is 11.3. The molecule has 6 heteroatoms. The Bertz CT molecular complexity index is 837. The summed E-state index contributed by atoms with van der Waals surface area (Å²) in [5.41, 5.74) is 9.91. The van der Waals surface area contributed by atoms with E-state index in [0.717, 1.165) is 48.4 Å². The molecule has 2 aromatic heterocycles. The quantitative estimate of drug-likeness (QED) is 0.759. The molecule has 1 aliphatic heterocycles. The van der Waals surface area contributed by atoms with Crippen LogP contribution < -0.4 is 11.1 Å². The van der Waals surface area contributed by atoms with Crippen LogP contribution in [0.2, 0.25) is 5.02 Å². The lowest BCUT2D eigenvalue weighted by molar-refractivity contribution is 0.455. The standard InChI is InChI=1S/C17H18ClN5/c18-14-15(12-7-4-8-20-9-12)22-17-13(10-21-23(17)16(14)19)11-5-2-1-3-6-11/h1-3,5-6,10,12,20H,4,7-9,19H2. The molecule has 0 spiro atoms. The number of hydrogen-bond donors (Lipinski definition) is 2. The van der Waals surface area contributed by atoms with E-state index < -0.39 is 0 Å². The van der Waals surface area contributed by atoms with Crippen LogP contribution in [0.1, 0.15) is 24.5 Å². The zero-order chi connectivity index (χ0) is 15.8. The molecule has 1 saturated heterocycles. The smallest absolute Gasteiger partial charge is 0.165 e. The van der Waals surface area contributed by atoms with E-state index in [9.17, 15) is 0 Å². The maximum Gasteiger partial charge on any atom is 0.165 e. The number of nitrogens with zero attached hydrogens (tertiary/aromatic N) is 3. The first-order valence-electron chi connectivity index (χ1n) is 7.84. The monoisotopic (exact) mass is 327 g/mol. The van der Waals surface area contributed by atoms with Gasteiger partial charge in [0.15, 0.2) is 5.65 Å². The SMILES string of the molecule is Nc1c(Cl)c(C2CCCNC2)nc2c(-c3ccccc3)cnn12. The Morgan fingerprint density at radius 3 is 2.83 bits per heavy atom. The summed E-state index contributed by atoms with van der Waals surface area (Å²) in [5, 5.41) is 8.30. The van der Waals surface area contributed by atoms with Crippen molar-refractivity contribution in [3.05, 3.63) is 47.2 Å². The highest BCUT2D eigenvalue weighted by Crippen LogP contribution is 2.34. The Morgan fingerprint density at radius 2 is 2.09 bits per heavy atom. The minimum Gasteiger partial charge on any atom is -0.382 e. The molecule has 3 aromatic rings. The van der Waals surface area contributed by atoms with Gasteiger partial charge < -0.3 is 11.1 Å². The van der Waals surface area contributed by atoms with E-state index in [1.54, 1.807) is 10.7 Å². The molecule has 118 valence electrons. The molecule has 1 unspecified atom stereocenters. The van der Waals surface area contributed by atoms with Crippen molar-refractivity contribution in [1.82, 2.24) is 19.9 Å². The Labute approximate surface area is 139 Å². The van der Waals surface area contributed by atoms with Crippen LogP contribution in [0.4, 0.5) is 5.82 Å². The zero-order valence-electron chi connectivity index (χ0n) is 12.7. The highest BCUT2D eigenvalue weighted by molar-refractivity contribution is 6.33. The van der Waals surface area contributed by atoms with Crippen molar-refractivity contribution in [1.29, 1.82) is 0 Å². The molecule has 1 aromatic carbocycles. The van der Waals surface area contributed by atoms with Gasteiger partial charge in [-0.05, 0) is 24.9 Å². The predicted molar refractivity (Wildman–Crippen MR) is 92.7 cm³/mol. The number of fused-ring (bicyclic) bond motifs is 1.